The Balaban J connectivity index is 2.54. The predicted octanol–water partition coefficient (Wildman–Crippen LogP) is 2.20. The Morgan fingerprint density at radius 1 is 1.08 bits per heavy atom. The monoisotopic (exact) mass is 189 g/mol. The average Bonchev–Trinajstić information content (AvgIpc) is 2.19. The highest BCUT2D eigenvalue weighted by molar-refractivity contribution is 7.71. The zero-order valence-electron chi connectivity index (χ0n) is 6.77. The van der Waals surface area contributed by atoms with Crippen LogP contribution in [0.3, 0.4) is 0 Å². The first kappa shape index (κ1) is 8.07. The van der Waals surface area contributed by atoms with Crippen LogP contribution in [0.25, 0.3) is 11.4 Å². The number of H-pyrrole nitrogens is 1. The van der Waals surface area contributed by atoms with E-state index in [1.165, 1.54) is 0 Å². The first-order valence-electron chi connectivity index (χ1n) is 3.83. The van der Waals surface area contributed by atoms with Gasteiger partial charge in [-0.3, -0.25) is 4.98 Å². The fourth-order valence-electron chi connectivity index (χ4n) is 1.04. The van der Waals surface area contributed by atoms with E-state index in [0.717, 1.165) is 11.4 Å². The lowest BCUT2D eigenvalue weighted by Gasteiger charge is -1.98. The summed E-state index contributed by atoms with van der Waals surface area (Å²) in [7, 11) is 0. The van der Waals surface area contributed by atoms with Gasteiger partial charge in [0.25, 0.3) is 0 Å². The van der Waals surface area contributed by atoms with Crippen molar-refractivity contribution in [3.8, 4) is 11.4 Å². The molecule has 4 heteroatoms. The number of hydrogen-bond acceptors (Lipinski definition) is 3. The molecular formula is C9H7N3S. The Morgan fingerprint density at radius 3 is 2.69 bits per heavy atom. The maximum atomic E-state index is 4.91. The summed E-state index contributed by atoms with van der Waals surface area (Å²) in [4.78, 5) is 11.0. The van der Waals surface area contributed by atoms with Gasteiger partial charge in [0.05, 0.1) is 11.4 Å². The van der Waals surface area contributed by atoms with E-state index in [0.29, 0.717) is 4.77 Å². The summed E-state index contributed by atoms with van der Waals surface area (Å²) in [6.07, 6.45) is 3.41. The van der Waals surface area contributed by atoms with Gasteiger partial charge >= 0.3 is 0 Å². The molecule has 3 nitrogen and oxygen atoms in total. The maximum absolute atomic E-state index is 4.91. The van der Waals surface area contributed by atoms with Crippen molar-refractivity contribution in [1.82, 2.24) is 15.0 Å². The molecule has 2 heterocycles. The Labute approximate surface area is 80.5 Å². The lowest BCUT2D eigenvalue weighted by molar-refractivity contribution is 1.12. The molecule has 13 heavy (non-hydrogen) atoms. The summed E-state index contributed by atoms with van der Waals surface area (Å²) < 4.78 is 0.475. The molecule has 0 aliphatic heterocycles. The lowest BCUT2D eigenvalue weighted by Crippen LogP contribution is -1.87. The predicted molar refractivity (Wildman–Crippen MR) is 52.7 cm³/mol. The van der Waals surface area contributed by atoms with Gasteiger partial charge in [-0.25, -0.2) is 4.98 Å². The molecule has 0 bridgehead atoms. The molecule has 64 valence electrons. The minimum absolute atomic E-state index is 0.475. The van der Waals surface area contributed by atoms with Crippen molar-refractivity contribution in [3.05, 3.63) is 41.4 Å². The van der Waals surface area contributed by atoms with Crippen LogP contribution in [-0.4, -0.2) is 15.0 Å². The molecule has 0 fully saturated rings. The van der Waals surface area contributed by atoms with Gasteiger partial charge < -0.3 is 4.98 Å². The van der Waals surface area contributed by atoms with Crippen LogP contribution in [0.2, 0.25) is 0 Å². The highest BCUT2D eigenvalue weighted by Crippen LogP contribution is 2.10. The Bertz CT molecular complexity index is 450. The van der Waals surface area contributed by atoms with Crippen molar-refractivity contribution in [2.75, 3.05) is 0 Å². The average molecular weight is 189 g/mol. The third kappa shape index (κ3) is 1.78. The molecule has 0 unspecified atom stereocenters. The van der Waals surface area contributed by atoms with Crippen LogP contribution in [0.4, 0.5) is 0 Å². The summed E-state index contributed by atoms with van der Waals surface area (Å²) in [5.41, 5.74) is 1.76. The van der Waals surface area contributed by atoms with Crippen LogP contribution in [0.5, 0.6) is 0 Å². The van der Waals surface area contributed by atoms with Crippen molar-refractivity contribution in [2.24, 2.45) is 0 Å². The van der Waals surface area contributed by atoms with Gasteiger partial charge in [0, 0.05) is 12.4 Å². The summed E-state index contributed by atoms with van der Waals surface area (Å²) >= 11 is 4.91. The van der Waals surface area contributed by atoms with E-state index in [2.05, 4.69) is 15.0 Å². The van der Waals surface area contributed by atoms with E-state index in [1.54, 1.807) is 12.4 Å². The fraction of sp³-hybridized carbons (Fsp3) is 0. The van der Waals surface area contributed by atoms with Crippen LogP contribution in [0.15, 0.2) is 36.7 Å². The Kier molecular flexibility index (Phi) is 2.14. The van der Waals surface area contributed by atoms with Gasteiger partial charge in [-0.05, 0) is 30.4 Å². The molecule has 0 saturated carbocycles. The topological polar surface area (TPSA) is 41.6 Å². The number of aromatic nitrogens is 3. The summed E-state index contributed by atoms with van der Waals surface area (Å²) in [6.45, 7) is 0. The Morgan fingerprint density at radius 2 is 2.00 bits per heavy atom. The van der Waals surface area contributed by atoms with E-state index in [4.69, 9.17) is 12.2 Å². The zero-order valence-corrected chi connectivity index (χ0v) is 7.58. The number of pyridine rings is 1. The molecule has 0 radical (unpaired) electrons. The first-order valence-corrected chi connectivity index (χ1v) is 4.24. The smallest absolute Gasteiger partial charge is 0.197 e. The second kappa shape index (κ2) is 3.45. The van der Waals surface area contributed by atoms with Crippen molar-refractivity contribution < 1.29 is 0 Å². The summed E-state index contributed by atoms with van der Waals surface area (Å²) in [5.74, 6) is 0. The first-order chi connectivity index (χ1) is 6.36. The number of hydrogen-bond donors (Lipinski definition) is 1. The Hall–Kier alpha value is -1.55. The molecule has 0 amide bonds. The second-order valence-corrected chi connectivity index (χ2v) is 2.89. The van der Waals surface area contributed by atoms with Gasteiger partial charge in [0.15, 0.2) is 4.77 Å². The second-order valence-electron chi connectivity index (χ2n) is 2.50. The van der Waals surface area contributed by atoms with Crippen LogP contribution < -0.4 is 0 Å². The van der Waals surface area contributed by atoms with Gasteiger partial charge in [-0.1, -0.05) is 6.07 Å². The van der Waals surface area contributed by atoms with Gasteiger partial charge in [0.2, 0.25) is 0 Å². The van der Waals surface area contributed by atoms with Crippen molar-refractivity contribution in [1.29, 1.82) is 0 Å². The van der Waals surface area contributed by atoms with Crippen LogP contribution in [-0.2, 0) is 0 Å². The largest absolute Gasteiger partial charge is 0.329 e. The maximum Gasteiger partial charge on any atom is 0.197 e. The van der Waals surface area contributed by atoms with Gasteiger partial charge in [0.1, 0.15) is 0 Å². The molecule has 1 N–H and O–H groups in total. The fourth-order valence-corrected chi connectivity index (χ4v) is 1.21. The third-order valence-corrected chi connectivity index (χ3v) is 1.82. The molecule has 2 aromatic rings. The molecule has 0 aromatic carbocycles. The molecule has 2 rings (SSSR count). The van der Waals surface area contributed by atoms with Crippen molar-refractivity contribution in [2.45, 2.75) is 0 Å². The van der Waals surface area contributed by atoms with Crippen molar-refractivity contribution in [3.63, 3.8) is 0 Å². The quantitative estimate of drug-likeness (QED) is 0.699. The third-order valence-electron chi connectivity index (χ3n) is 1.62. The number of nitrogens with one attached hydrogen (secondary N) is 1. The number of rotatable bonds is 1. The standard InChI is InChI=1S/C9H7N3S/c13-9-11-6-4-8(12-9)7-3-1-2-5-10-7/h1-6H,(H,11,12,13). The van der Waals surface area contributed by atoms with Gasteiger partial charge in [-0.15, -0.1) is 0 Å². The molecule has 0 spiro atoms. The lowest BCUT2D eigenvalue weighted by atomic mass is 10.3. The van der Waals surface area contributed by atoms with Gasteiger partial charge in [-0.2, -0.15) is 0 Å². The molecule has 0 aliphatic rings. The van der Waals surface area contributed by atoms with E-state index >= 15 is 0 Å². The minimum Gasteiger partial charge on any atom is -0.329 e. The highest BCUT2D eigenvalue weighted by atomic mass is 32.1. The number of nitrogens with zero attached hydrogens (tertiary/aromatic N) is 2. The molecular weight excluding hydrogens is 182 g/mol. The zero-order chi connectivity index (χ0) is 9.10. The van der Waals surface area contributed by atoms with Crippen LogP contribution >= 0.6 is 12.2 Å². The van der Waals surface area contributed by atoms with Crippen molar-refractivity contribution >= 4 is 12.2 Å². The van der Waals surface area contributed by atoms with Crippen LogP contribution in [0.1, 0.15) is 0 Å². The normalized spacial score (nSPS) is 9.85. The molecule has 0 saturated heterocycles. The molecule has 2 aromatic heterocycles. The SMILES string of the molecule is S=c1nccc(-c2ccccn2)[nH]1. The molecule has 0 atom stereocenters. The molecule has 0 aliphatic carbocycles. The highest BCUT2D eigenvalue weighted by Gasteiger charge is 1.95. The van der Waals surface area contributed by atoms with E-state index < -0.39 is 0 Å². The van der Waals surface area contributed by atoms with Crippen LogP contribution in [0, 0.1) is 4.77 Å². The minimum atomic E-state index is 0.475. The summed E-state index contributed by atoms with van der Waals surface area (Å²) in [5, 5.41) is 0. The number of aromatic amines is 1. The summed E-state index contributed by atoms with van der Waals surface area (Å²) in [6, 6.07) is 7.57. The van der Waals surface area contributed by atoms with E-state index in [1.807, 2.05) is 24.3 Å². The van der Waals surface area contributed by atoms with E-state index in [9.17, 15) is 0 Å². The van der Waals surface area contributed by atoms with E-state index in [-0.39, 0.29) is 0 Å².